The monoisotopic (exact) mass is 358 g/mol. The molecule has 0 aliphatic heterocycles. The number of hydrogen-bond donors (Lipinski definition) is 1. The fraction of sp³-hybridized carbons (Fsp3) is 0.636. The van der Waals surface area contributed by atoms with E-state index in [2.05, 4.69) is 33.8 Å². The molecule has 0 radical (unpaired) electrons. The summed E-state index contributed by atoms with van der Waals surface area (Å²) in [6.45, 7) is 9.07. The zero-order valence-electron chi connectivity index (χ0n) is 16.5. The first kappa shape index (κ1) is 18.9. The standard InChI is InChI=1S/C22H30O4/c1-13-10-21(3,12-22(4)14(2)7-6-8-16(13)22)11-15-19(24)17(23)9-18(26-5)20(15)25/h7,9,13,16,24H,6,8,10-12H2,1-5H3. The summed E-state index contributed by atoms with van der Waals surface area (Å²) in [7, 11) is 1.38. The molecule has 1 N–H and O–H groups in total. The lowest BCUT2D eigenvalue weighted by Gasteiger charge is -2.55. The molecule has 0 saturated heterocycles. The van der Waals surface area contributed by atoms with Crippen molar-refractivity contribution in [2.24, 2.45) is 22.7 Å². The van der Waals surface area contributed by atoms with E-state index < -0.39 is 11.5 Å². The molecule has 3 rings (SSSR count). The number of rotatable bonds is 3. The van der Waals surface area contributed by atoms with Crippen molar-refractivity contribution < 1.29 is 19.4 Å². The first-order chi connectivity index (χ1) is 12.1. The van der Waals surface area contributed by atoms with Gasteiger partial charge in [0.1, 0.15) is 0 Å². The summed E-state index contributed by atoms with van der Waals surface area (Å²) in [6.07, 6.45) is 8.16. The van der Waals surface area contributed by atoms with Crippen LogP contribution < -0.4 is 0 Å². The Bertz CT molecular complexity index is 741. The van der Waals surface area contributed by atoms with Gasteiger partial charge in [-0.15, -0.1) is 0 Å². The van der Waals surface area contributed by atoms with E-state index in [-0.39, 0.29) is 27.9 Å². The van der Waals surface area contributed by atoms with Crippen LogP contribution in [0.5, 0.6) is 0 Å². The van der Waals surface area contributed by atoms with E-state index in [1.807, 2.05) is 0 Å². The number of ketones is 2. The normalized spacial score (nSPS) is 37.9. The van der Waals surface area contributed by atoms with Crippen molar-refractivity contribution in [2.75, 3.05) is 7.11 Å². The average Bonchev–Trinajstić information content (AvgIpc) is 2.56. The molecule has 0 bridgehead atoms. The lowest BCUT2D eigenvalue weighted by atomic mass is 9.49. The Hall–Kier alpha value is -1.84. The van der Waals surface area contributed by atoms with Crippen LogP contribution >= 0.6 is 0 Å². The Labute approximate surface area is 156 Å². The minimum absolute atomic E-state index is 0.0214. The summed E-state index contributed by atoms with van der Waals surface area (Å²) in [5.41, 5.74) is 1.62. The number of Topliss-reactive ketones (excluding diaryl/α,β-unsaturated/α-hetero) is 1. The van der Waals surface area contributed by atoms with Gasteiger partial charge in [0.2, 0.25) is 11.6 Å². The Morgan fingerprint density at radius 1 is 1.31 bits per heavy atom. The van der Waals surface area contributed by atoms with Crippen LogP contribution in [0, 0.1) is 22.7 Å². The molecule has 0 amide bonds. The fourth-order valence-corrected chi connectivity index (χ4v) is 5.92. The molecule has 0 heterocycles. The molecule has 0 aromatic heterocycles. The first-order valence-corrected chi connectivity index (χ1v) is 9.55. The maximum atomic E-state index is 12.7. The van der Waals surface area contributed by atoms with Gasteiger partial charge in [-0.3, -0.25) is 9.59 Å². The molecular weight excluding hydrogens is 328 g/mol. The second-order valence-electron chi connectivity index (χ2n) is 9.07. The minimum Gasteiger partial charge on any atom is -0.504 e. The van der Waals surface area contributed by atoms with Crippen LogP contribution in [0.4, 0.5) is 0 Å². The quantitative estimate of drug-likeness (QED) is 0.588. The van der Waals surface area contributed by atoms with Crippen molar-refractivity contribution in [3.63, 3.8) is 0 Å². The Morgan fingerprint density at radius 3 is 2.65 bits per heavy atom. The highest BCUT2D eigenvalue weighted by Gasteiger charge is 2.51. The van der Waals surface area contributed by atoms with E-state index in [1.54, 1.807) is 0 Å². The van der Waals surface area contributed by atoms with Gasteiger partial charge in [0.05, 0.1) is 7.11 Å². The Kier molecular flexibility index (Phi) is 4.66. The summed E-state index contributed by atoms with van der Waals surface area (Å²) in [5, 5.41) is 10.3. The number of hydrogen-bond acceptors (Lipinski definition) is 4. The number of ether oxygens (including phenoxy) is 1. The van der Waals surface area contributed by atoms with Gasteiger partial charge in [0.15, 0.2) is 11.5 Å². The zero-order chi connectivity index (χ0) is 19.3. The van der Waals surface area contributed by atoms with Crippen molar-refractivity contribution in [2.45, 2.75) is 59.8 Å². The lowest BCUT2D eigenvalue weighted by Crippen LogP contribution is -2.46. The summed E-state index contributed by atoms with van der Waals surface area (Å²) < 4.78 is 5.05. The smallest absolute Gasteiger partial charge is 0.227 e. The van der Waals surface area contributed by atoms with Gasteiger partial charge in [0.25, 0.3) is 0 Å². The van der Waals surface area contributed by atoms with Gasteiger partial charge in [-0.25, -0.2) is 0 Å². The van der Waals surface area contributed by atoms with Gasteiger partial charge < -0.3 is 9.84 Å². The SMILES string of the molecule is COC1=CC(=O)C(O)=C(CC2(C)CC(C)C3CCC=C(C)C3(C)C2)C1=O. The molecule has 0 aromatic rings. The van der Waals surface area contributed by atoms with Gasteiger partial charge in [-0.1, -0.05) is 32.4 Å². The number of methoxy groups -OCH3 is 1. The number of allylic oxidation sites excluding steroid dienone is 4. The van der Waals surface area contributed by atoms with Crippen molar-refractivity contribution in [3.05, 3.63) is 34.8 Å². The van der Waals surface area contributed by atoms with E-state index in [1.165, 1.54) is 19.1 Å². The molecule has 4 nitrogen and oxygen atoms in total. The summed E-state index contributed by atoms with van der Waals surface area (Å²) in [4.78, 5) is 24.7. The van der Waals surface area contributed by atoms with E-state index in [0.717, 1.165) is 25.3 Å². The highest BCUT2D eigenvalue weighted by Crippen LogP contribution is 2.60. The predicted molar refractivity (Wildman–Crippen MR) is 100 cm³/mol. The fourth-order valence-electron chi connectivity index (χ4n) is 5.92. The first-order valence-electron chi connectivity index (χ1n) is 9.55. The minimum atomic E-state index is -0.540. The van der Waals surface area contributed by atoms with E-state index in [9.17, 15) is 14.7 Å². The maximum Gasteiger partial charge on any atom is 0.227 e. The molecule has 3 aliphatic carbocycles. The number of carbonyl (C=O) groups is 2. The van der Waals surface area contributed by atoms with Crippen LogP contribution in [0.15, 0.2) is 34.8 Å². The van der Waals surface area contributed by atoms with Gasteiger partial charge in [0, 0.05) is 11.6 Å². The second-order valence-corrected chi connectivity index (χ2v) is 9.07. The third kappa shape index (κ3) is 2.93. The largest absolute Gasteiger partial charge is 0.504 e. The van der Waals surface area contributed by atoms with Crippen LogP contribution in [0.2, 0.25) is 0 Å². The third-order valence-electron chi connectivity index (χ3n) is 7.05. The number of aliphatic hydroxyl groups excluding tert-OH is 1. The van der Waals surface area contributed by atoms with Gasteiger partial charge in [-0.05, 0) is 61.7 Å². The van der Waals surface area contributed by atoms with Crippen LogP contribution in [-0.2, 0) is 14.3 Å². The summed E-state index contributed by atoms with van der Waals surface area (Å²) in [5.74, 6) is -0.0948. The van der Waals surface area contributed by atoms with Gasteiger partial charge in [-0.2, -0.15) is 0 Å². The Balaban J connectivity index is 1.93. The molecule has 4 unspecified atom stereocenters. The number of fused-ring (bicyclic) bond motifs is 1. The van der Waals surface area contributed by atoms with Crippen LogP contribution in [0.25, 0.3) is 0 Å². The number of carbonyl (C=O) groups excluding carboxylic acids is 2. The maximum absolute atomic E-state index is 12.7. The molecule has 3 aliphatic rings. The molecular formula is C22H30O4. The topological polar surface area (TPSA) is 63.6 Å². The summed E-state index contributed by atoms with van der Waals surface area (Å²) >= 11 is 0. The second kappa shape index (κ2) is 6.40. The predicted octanol–water partition coefficient (Wildman–Crippen LogP) is 4.67. The van der Waals surface area contributed by atoms with Crippen molar-refractivity contribution in [1.29, 1.82) is 0 Å². The van der Waals surface area contributed by atoms with Crippen molar-refractivity contribution >= 4 is 11.6 Å². The van der Waals surface area contributed by atoms with E-state index in [4.69, 9.17) is 4.74 Å². The third-order valence-corrected chi connectivity index (χ3v) is 7.05. The molecule has 0 spiro atoms. The lowest BCUT2D eigenvalue weighted by molar-refractivity contribution is -0.120. The Morgan fingerprint density at radius 2 is 2.00 bits per heavy atom. The van der Waals surface area contributed by atoms with Crippen molar-refractivity contribution in [1.82, 2.24) is 0 Å². The van der Waals surface area contributed by atoms with Crippen LogP contribution in [-0.4, -0.2) is 23.8 Å². The van der Waals surface area contributed by atoms with Crippen molar-refractivity contribution in [3.8, 4) is 0 Å². The van der Waals surface area contributed by atoms with Crippen LogP contribution in [0.1, 0.15) is 59.8 Å². The highest BCUT2D eigenvalue weighted by molar-refractivity contribution is 6.20. The zero-order valence-corrected chi connectivity index (χ0v) is 16.5. The molecule has 1 saturated carbocycles. The summed E-state index contributed by atoms with van der Waals surface area (Å²) in [6, 6.07) is 0. The van der Waals surface area contributed by atoms with E-state index >= 15 is 0 Å². The molecule has 26 heavy (non-hydrogen) atoms. The van der Waals surface area contributed by atoms with Crippen LogP contribution in [0.3, 0.4) is 0 Å². The highest BCUT2D eigenvalue weighted by atomic mass is 16.5. The molecule has 0 aromatic carbocycles. The van der Waals surface area contributed by atoms with Gasteiger partial charge >= 0.3 is 0 Å². The molecule has 142 valence electrons. The number of aliphatic hydroxyl groups is 1. The molecule has 4 heteroatoms. The molecule has 4 atom stereocenters. The average molecular weight is 358 g/mol. The van der Waals surface area contributed by atoms with E-state index in [0.29, 0.717) is 18.3 Å². The molecule has 1 fully saturated rings.